The van der Waals surface area contributed by atoms with Gasteiger partial charge in [-0.3, -0.25) is 19.3 Å². The van der Waals surface area contributed by atoms with E-state index in [9.17, 15) is 29.4 Å². The van der Waals surface area contributed by atoms with Crippen LogP contribution in [-0.4, -0.2) is 87.4 Å². The van der Waals surface area contributed by atoms with Crippen LogP contribution in [0.3, 0.4) is 0 Å². The molecule has 3 aliphatic rings. The van der Waals surface area contributed by atoms with Gasteiger partial charge in [-0.15, -0.1) is 23.5 Å². The highest BCUT2D eigenvalue weighted by Gasteiger charge is 2.54. The van der Waals surface area contributed by atoms with Crippen molar-refractivity contribution in [3.8, 4) is 17.2 Å². The third-order valence-corrected chi connectivity index (χ3v) is 9.38. The summed E-state index contributed by atoms with van der Waals surface area (Å²) in [5, 5.41) is 21.9. The Kier molecular flexibility index (Phi) is 8.69. The molecule has 3 N–H and O–H groups in total. The number of fused-ring (bicyclic) bond motifs is 1. The summed E-state index contributed by atoms with van der Waals surface area (Å²) in [6.07, 6.45) is 2.02. The molecule has 0 bridgehead atoms. The number of methoxy groups -OCH3 is 2. The number of benzene rings is 2. The first kappa shape index (κ1) is 29.4. The van der Waals surface area contributed by atoms with E-state index < -0.39 is 23.3 Å². The molecule has 0 radical (unpaired) electrons. The molecular weight excluding hydrogens is 582 g/mol. The van der Waals surface area contributed by atoms with Gasteiger partial charge in [0.25, 0.3) is 5.91 Å². The minimum absolute atomic E-state index is 0.0524. The molecule has 0 spiro atoms. The van der Waals surface area contributed by atoms with Gasteiger partial charge in [-0.2, -0.15) is 0 Å². The molecule has 2 saturated heterocycles. The second kappa shape index (κ2) is 12.4. The maximum absolute atomic E-state index is 13.1. The number of aromatic hydroxyl groups is 1. The van der Waals surface area contributed by atoms with E-state index in [1.165, 1.54) is 42.6 Å². The van der Waals surface area contributed by atoms with Gasteiger partial charge in [0, 0.05) is 29.3 Å². The summed E-state index contributed by atoms with van der Waals surface area (Å²) in [5.41, 5.74) is 1.47. The summed E-state index contributed by atoms with van der Waals surface area (Å²) >= 11 is 2.61. The van der Waals surface area contributed by atoms with Crippen molar-refractivity contribution in [2.75, 3.05) is 32.3 Å². The Bertz CT molecular complexity index is 1510. The smallest absolute Gasteiger partial charge is 0.352 e. The first-order valence-electron chi connectivity index (χ1n) is 13.0. The summed E-state index contributed by atoms with van der Waals surface area (Å²) in [6.45, 7) is 0.784. The SMILES string of the molecule is COc1ccc(SCC(=O)N[C@@H]2C(=O)N3C(C(=O)O)=C(/C=C4\CCN(Cc5cccc(O)c5)C4=O)CS[C@H]23)cc1OC. The second-order valence-corrected chi connectivity index (χ2v) is 11.9. The molecule has 3 aliphatic heterocycles. The summed E-state index contributed by atoms with van der Waals surface area (Å²) in [4.78, 5) is 54.7. The second-order valence-electron chi connectivity index (χ2n) is 9.76. The number of ether oxygens (including phenoxy) is 2. The molecular formula is C29H29N3O8S2. The average Bonchev–Trinajstić information content (AvgIpc) is 3.32. The number of hydrogen-bond acceptors (Lipinski definition) is 9. The Balaban J connectivity index is 1.23. The summed E-state index contributed by atoms with van der Waals surface area (Å²) < 4.78 is 10.5. The molecule has 2 aromatic rings. The maximum Gasteiger partial charge on any atom is 0.352 e. The number of carboxylic acid groups (broad SMARTS) is 1. The molecule has 0 unspecified atom stereocenters. The van der Waals surface area contributed by atoms with Gasteiger partial charge in [-0.25, -0.2) is 4.79 Å². The minimum Gasteiger partial charge on any atom is -0.508 e. The molecule has 0 aliphatic carbocycles. The van der Waals surface area contributed by atoms with Crippen molar-refractivity contribution in [1.29, 1.82) is 0 Å². The first-order chi connectivity index (χ1) is 20.2. The lowest BCUT2D eigenvalue weighted by molar-refractivity contribution is -0.150. The Morgan fingerprint density at radius 2 is 1.93 bits per heavy atom. The van der Waals surface area contributed by atoms with Crippen LogP contribution in [0.25, 0.3) is 0 Å². The lowest BCUT2D eigenvalue weighted by atomic mass is 10.0. The van der Waals surface area contributed by atoms with Crippen molar-refractivity contribution in [2.45, 2.75) is 29.3 Å². The standard InChI is InChI=1S/C29H29N3O8S2/c1-39-21-7-6-20(12-22(21)40-2)41-15-23(34)30-24-27(36)32-25(29(37)38)18(14-42-28(24)32)11-17-8-9-31(26(17)35)13-16-4-3-5-19(33)10-16/h3-7,10-12,24,28,33H,8-9,13-15H2,1-2H3,(H,30,34)(H,37,38)/b17-11+/t24-,28-/m1/s1. The van der Waals surface area contributed by atoms with E-state index in [1.807, 2.05) is 6.07 Å². The zero-order valence-electron chi connectivity index (χ0n) is 22.9. The lowest BCUT2D eigenvalue weighted by Gasteiger charge is -2.49. The monoisotopic (exact) mass is 611 g/mol. The number of nitrogens with one attached hydrogen (secondary N) is 1. The number of phenolic OH excluding ortho intramolecular Hbond substituents is 1. The van der Waals surface area contributed by atoms with Gasteiger partial charge >= 0.3 is 5.97 Å². The number of β-lactam (4-membered cyclic amide) rings is 1. The number of rotatable bonds is 10. The highest BCUT2D eigenvalue weighted by Crippen LogP contribution is 2.41. The molecule has 2 fully saturated rings. The van der Waals surface area contributed by atoms with Gasteiger partial charge in [-0.05, 0) is 54.0 Å². The van der Waals surface area contributed by atoms with E-state index >= 15 is 0 Å². The van der Waals surface area contributed by atoms with E-state index in [-0.39, 0.29) is 34.8 Å². The fraction of sp³-hybridized carbons (Fsp3) is 0.310. The van der Waals surface area contributed by atoms with Gasteiger partial charge in [0.05, 0.1) is 20.0 Å². The Labute approximate surface area is 250 Å². The number of hydrogen-bond donors (Lipinski definition) is 3. The molecule has 0 saturated carbocycles. The number of amides is 3. The number of phenols is 1. The summed E-state index contributed by atoms with van der Waals surface area (Å²) in [7, 11) is 3.06. The molecule has 13 heteroatoms. The summed E-state index contributed by atoms with van der Waals surface area (Å²) in [6, 6.07) is 11.1. The Hall–Kier alpha value is -4.10. The van der Waals surface area contributed by atoms with Crippen LogP contribution < -0.4 is 14.8 Å². The fourth-order valence-corrected chi connectivity index (χ4v) is 7.10. The fourth-order valence-electron chi connectivity index (χ4n) is 5.06. The number of allylic oxidation sites excluding steroid dienone is 1. The Morgan fingerprint density at radius 1 is 1.14 bits per heavy atom. The number of carboxylic acids is 1. The normalized spacial score (nSPS) is 20.9. The molecule has 5 rings (SSSR count). The minimum atomic E-state index is -1.27. The third-order valence-electron chi connectivity index (χ3n) is 7.09. The third kappa shape index (κ3) is 5.93. The predicted molar refractivity (Wildman–Crippen MR) is 156 cm³/mol. The van der Waals surface area contributed by atoms with Crippen molar-refractivity contribution in [1.82, 2.24) is 15.1 Å². The number of likely N-dealkylation sites (tertiary alicyclic amines) is 1. The molecule has 3 amide bonds. The quantitative estimate of drug-likeness (QED) is 0.208. The zero-order chi connectivity index (χ0) is 30.0. The topological polar surface area (TPSA) is 146 Å². The van der Waals surface area contributed by atoms with Crippen LogP contribution in [0.15, 0.2) is 70.3 Å². The van der Waals surface area contributed by atoms with Gasteiger partial charge < -0.3 is 29.9 Å². The van der Waals surface area contributed by atoms with Crippen molar-refractivity contribution < 1.29 is 38.9 Å². The van der Waals surface area contributed by atoms with Crippen LogP contribution in [0.1, 0.15) is 12.0 Å². The largest absolute Gasteiger partial charge is 0.508 e. The molecule has 11 nitrogen and oxygen atoms in total. The van der Waals surface area contributed by atoms with E-state index in [0.29, 0.717) is 42.2 Å². The van der Waals surface area contributed by atoms with Crippen LogP contribution >= 0.6 is 23.5 Å². The number of carbonyl (C=O) groups is 4. The lowest BCUT2D eigenvalue weighted by Crippen LogP contribution is -2.70. The van der Waals surface area contributed by atoms with Crippen molar-refractivity contribution in [3.63, 3.8) is 0 Å². The van der Waals surface area contributed by atoms with E-state index in [4.69, 9.17) is 9.47 Å². The highest BCUT2D eigenvalue weighted by molar-refractivity contribution is 8.00. The molecule has 220 valence electrons. The van der Waals surface area contributed by atoms with Crippen LogP contribution in [0.2, 0.25) is 0 Å². The molecule has 3 heterocycles. The van der Waals surface area contributed by atoms with Crippen molar-refractivity contribution in [2.24, 2.45) is 0 Å². The summed E-state index contributed by atoms with van der Waals surface area (Å²) in [5.74, 6) is -0.798. The van der Waals surface area contributed by atoms with Gasteiger partial charge in [-0.1, -0.05) is 12.1 Å². The number of thioether (sulfide) groups is 2. The van der Waals surface area contributed by atoms with E-state index in [1.54, 1.807) is 47.4 Å². The first-order valence-corrected chi connectivity index (χ1v) is 15.1. The van der Waals surface area contributed by atoms with E-state index in [2.05, 4.69) is 5.32 Å². The van der Waals surface area contributed by atoms with Crippen molar-refractivity contribution in [3.05, 3.63) is 70.9 Å². The number of carbonyl (C=O) groups excluding carboxylic acids is 3. The molecule has 2 aromatic carbocycles. The van der Waals surface area contributed by atoms with Crippen molar-refractivity contribution >= 4 is 47.2 Å². The van der Waals surface area contributed by atoms with Gasteiger partial charge in [0.15, 0.2) is 11.5 Å². The van der Waals surface area contributed by atoms with Crippen LogP contribution in [0.4, 0.5) is 0 Å². The highest BCUT2D eigenvalue weighted by atomic mass is 32.2. The van der Waals surface area contributed by atoms with E-state index in [0.717, 1.165) is 10.5 Å². The van der Waals surface area contributed by atoms with Crippen LogP contribution in [-0.2, 0) is 25.7 Å². The predicted octanol–water partition coefficient (Wildman–Crippen LogP) is 2.60. The average molecular weight is 612 g/mol. The Morgan fingerprint density at radius 3 is 2.64 bits per heavy atom. The number of nitrogens with zero attached hydrogens (tertiary/aromatic N) is 2. The van der Waals surface area contributed by atoms with Crippen LogP contribution in [0, 0.1) is 0 Å². The number of aliphatic carboxylic acids is 1. The maximum atomic E-state index is 13.1. The van der Waals surface area contributed by atoms with Crippen LogP contribution in [0.5, 0.6) is 17.2 Å². The van der Waals surface area contributed by atoms with Gasteiger partial charge in [0.1, 0.15) is 22.9 Å². The van der Waals surface area contributed by atoms with Gasteiger partial charge in [0.2, 0.25) is 11.8 Å². The molecule has 2 atom stereocenters. The molecule has 42 heavy (non-hydrogen) atoms. The molecule has 0 aromatic heterocycles. The zero-order valence-corrected chi connectivity index (χ0v) is 24.5.